The van der Waals surface area contributed by atoms with Gasteiger partial charge < -0.3 is 42.9 Å². The van der Waals surface area contributed by atoms with Crippen molar-refractivity contribution in [1.29, 1.82) is 0 Å². The number of nitrogens with zero attached hydrogens (tertiary/aromatic N) is 7. The van der Waals surface area contributed by atoms with Crippen molar-refractivity contribution in [3.8, 4) is 22.5 Å². The van der Waals surface area contributed by atoms with Crippen molar-refractivity contribution in [3.05, 3.63) is 70.5 Å². The first-order valence-electron chi connectivity index (χ1n) is 27.7. The molecule has 7 fully saturated rings. The van der Waals surface area contributed by atoms with Gasteiger partial charge in [-0.05, 0) is 94.4 Å². The SMILES string of the molecule is CCO[C@@H]1c2nc(cs2)-c2ccc3c(c2)c(c(-c2cc(N4CCN(C5CC5)CC4)cnc2[C@H](C)OC)n3CCOC2CCOCC2)CC(C)(C)COC(=O)C23CC(CN(N2)C(=O)[C@H]1NC(=O)[C@@H]1[C@@H](C)[C@H]1c1cocn1)C3. The molecule has 18 nitrogen and oxygen atoms in total. The van der Waals surface area contributed by atoms with E-state index in [-0.39, 0.29) is 49.1 Å². The largest absolute Gasteiger partial charge is 0.464 e. The Hall–Kier alpha value is -5.28. The molecule has 8 aliphatic rings. The maximum Gasteiger partial charge on any atom is 0.328 e. The number of anilines is 1. The summed E-state index contributed by atoms with van der Waals surface area (Å²) in [6.07, 6.45) is 9.74. The van der Waals surface area contributed by atoms with Crippen LogP contribution in [0.25, 0.3) is 33.4 Å². The van der Waals surface area contributed by atoms with Crippen molar-refractivity contribution >= 4 is 45.7 Å². The van der Waals surface area contributed by atoms with E-state index >= 15 is 4.79 Å². The van der Waals surface area contributed by atoms with Gasteiger partial charge in [0.05, 0.1) is 60.1 Å². The van der Waals surface area contributed by atoms with Crippen LogP contribution >= 0.6 is 11.3 Å². The number of esters is 1. The number of cyclic esters (lactones) is 1. The summed E-state index contributed by atoms with van der Waals surface area (Å²) in [7, 11) is 1.74. The highest BCUT2D eigenvalue weighted by Crippen LogP contribution is 2.54. The Morgan fingerprint density at radius 2 is 1.84 bits per heavy atom. The summed E-state index contributed by atoms with van der Waals surface area (Å²) in [5, 5.41) is 8.27. The van der Waals surface area contributed by atoms with Gasteiger partial charge in [-0.1, -0.05) is 26.8 Å². The molecule has 6 atom stereocenters. The number of carbonyl (C=O) groups is 3. The number of benzene rings is 1. The lowest BCUT2D eigenvalue weighted by molar-refractivity contribution is -0.181. The molecule has 1 aromatic carbocycles. The van der Waals surface area contributed by atoms with Crippen LogP contribution in [0.1, 0.15) is 113 Å². The zero-order valence-corrected chi connectivity index (χ0v) is 45.6. The van der Waals surface area contributed by atoms with Crippen molar-refractivity contribution in [2.24, 2.45) is 23.2 Å². The number of oxazole rings is 1. The first kappa shape index (κ1) is 51.5. The highest BCUT2D eigenvalue weighted by Gasteiger charge is 2.59. The Kier molecular flexibility index (Phi) is 14.1. The summed E-state index contributed by atoms with van der Waals surface area (Å²) in [6, 6.07) is 8.41. The molecule has 4 aromatic heterocycles. The molecule has 9 heterocycles. The molecule has 13 rings (SSSR count). The third-order valence-corrected chi connectivity index (χ3v) is 18.3. The number of methoxy groups -OCH3 is 1. The van der Waals surface area contributed by atoms with Gasteiger partial charge in [-0.3, -0.25) is 24.5 Å². The molecule has 406 valence electrons. The number of piperazine rings is 1. The molecular formula is C57H73N9O9S. The van der Waals surface area contributed by atoms with Crippen molar-refractivity contribution < 1.29 is 42.5 Å². The number of hydrogen-bond acceptors (Lipinski definition) is 16. The molecule has 5 aliphatic heterocycles. The van der Waals surface area contributed by atoms with Gasteiger partial charge >= 0.3 is 5.97 Å². The summed E-state index contributed by atoms with van der Waals surface area (Å²) >= 11 is 1.40. The summed E-state index contributed by atoms with van der Waals surface area (Å²) in [6.45, 7) is 17.3. The number of hydrazine groups is 1. The van der Waals surface area contributed by atoms with Gasteiger partial charge in [0.15, 0.2) is 6.39 Å². The van der Waals surface area contributed by atoms with Gasteiger partial charge in [-0.25, -0.2) is 20.2 Å². The van der Waals surface area contributed by atoms with Gasteiger partial charge in [0.2, 0.25) is 5.91 Å². The molecule has 5 aromatic rings. The summed E-state index contributed by atoms with van der Waals surface area (Å²) in [5.74, 6) is -1.60. The molecule has 3 saturated carbocycles. The first-order valence-corrected chi connectivity index (χ1v) is 28.6. The van der Waals surface area contributed by atoms with Gasteiger partial charge in [0, 0.05) is 117 Å². The van der Waals surface area contributed by atoms with Crippen LogP contribution in [0, 0.1) is 23.2 Å². The molecule has 0 unspecified atom stereocenters. The fourth-order valence-electron chi connectivity index (χ4n) is 12.9. The highest BCUT2D eigenvalue weighted by atomic mass is 32.1. The standard InChI is InChI=1S/C57H73N9O9S/c1-7-73-51-49(61-52(67)47-33(2)46(47)43-29-72-32-59-43)54(68)66-28-35-24-57(25-35,62-66)55(69)75-31-56(4,5)26-42-40-22-36(44-30-76-53(51)60-44)8-11-45(40)65(18-21-74-39-12-19-71-20-13-39)50(42)41-23-38(27-58-48(41)34(3)70-6)64-16-14-63(15-17-64)37-9-10-37/h8,11,22-23,27,29-30,32-35,37,39,46-47,49,51,62H,7,9-10,12-21,24-26,28,31H2,1-6H3,(H,61,67)/t33-,34-,35?,46-,47+,49-,51-,57?/m0/s1. The van der Waals surface area contributed by atoms with Crippen molar-refractivity contribution in [1.82, 2.24) is 40.2 Å². The maximum atomic E-state index is 15.1. The number of rotatable bonds is 14. The first-order chi connectivity index (χ1) is 36.8. The number of amides is 2. The van der Waals surface area contributed by atoms with Crippen molar-refractivity contribution in [2.75, 3.05) is 77.8 Å². The third-order valence-electron chi connectivity index (χ3n) is 17.4. The van der Waals surface area contributed by atoms with Crippen LogP contribution in [0.15, 0.2) is 52.9 Å². The average Bonchev–Trinajstić information content (AvgIpc) is 4.20. The molecule has 3 aliphatic carbocycles. The van der Waals surface area contributed by atoms with E-state index in [1.807, 2.05) is 25.4 Å². The number of nitrogens with one attached hydrogen (secondary N) is 2. The molecule has 76 heavy (non-hydrogen) atoms. The van der Waals surface area contributed by atoms with E-state index in [2.05, 4.69) is 75.1 Å². The predicted octanol–water partition coefficient (Wildman–Crippen LogP) is 7.24. The van der Waals surface area contributed by atoms with E-state index < -0.39 is 40.9 Å². The maximum absolute atomic E-state index is 15.1. The lowest BCUT2D eigenvalue weighted by Gasteiger charge is -2.55. The lowest BCUT2D eigenvalue weighted by Crippen LogP contribution is -2.75. The molecule has 19 heteroatoms. The quantitative estimate of drug-likeness (QED) is 0.106. The molecule has 7 bridgehead atoms. The Bertz CT molecular complexity index is 2930. The lowest BCUT2D eigenvalue weighted by atomic mass is 9.66. The predicted molar refractivity (Wildman–Crippen MR) is 285 cm³/mol. The monoisotopic (exact) mass is 1060 g/mol. The fraction of sp³-hybridized carbons (Fsp3) is 0.614. The van der Waals surface area contributed by atoms with Gasteiger partial charge in [-0.2, -0.15) is 0 Å². The van der Waals surface area contributed by atoms with Crippen molar-refractivity contribution in [2.45, 2.75) is 128 Å². The van der Waals surface area contributed by atoms with Crippen LogP contribution in [0.3, 0.4) is 0 Å². The zero-order valence-electron chi connectivity index (χ0n) is 44.8. The number of aromatic nitrogens is 4. The van der Waals surface area contributed by atoms with E-state index in [0.717, 1.165) is 95.4 Å². The Morgan fingerprint density at radius 1 is 1.04 bits per heavy atom. The topological polar surface area (TPSA) is 188 Å². The summed E-state index contributed by atoms with van der Waals surface area (Å²) < 4.78 is 39.1. The Morgan fingerprint density at radius 3 is 2.58 bits per heavy atom. The Labute approximate surface area is 448 Å². The third kappa shape index (κ3) is 9.87. The second-order valence-corrected chi connectivity index (χ2v) is 24.1. The minimum atomic E-state index is -1.17. The summed E-state index contributed by atoms with van der Waals surface area (Å²) in [5.41, 5.74) is 10.1. The fourth-order valence-corrected chi connectivity index (χ4v) is 13.8. The second-order valence-electron chi connectivity index (χ2n) is 23.2. The number of hydrogen-bond donors (Lipinski definition) is 2. The van der Waals surface area contributed by atoms with Crippen LogP contribution in [0.5, 0.6) is 0 Å². The smallest absolute Gasteiger partial charge is 0.328 e. The molecule has 2 N–H and O–H groups in total. The average molecular weight is 1060 g/mol. The molecular weight excluding hydrogens is 987 g/mol. The number of thiazole rings is 1. The van der Waals surface area contributed by atoms with Gasteiger partial charge in [-0.15, -0.1) is 11.3 Å². The number of carbonyl (C=O) groups excluding carboxylic acids is 3. The minimum Gasteiger partial charge on any atom is -0.464 e. The van der Waals surface area contributed by atoms with Crippen LogP contribution in [-0.2, 0) is 51.0 Å². The molecule has 2 amide bonds. The van der Waals surface area contributed by atoms with Crippen molar-refractivity contribution in [3.63, 3.8) is 0 Å². The number of ether oxygens (including phenoxy) is 5. The van der Waals surface area contributed by atoms with E-state index in [4.69, 9.17) is 38.1 Å². The number of fused-ring (bicyclic) bond motifs is 4. The van der Waals surface area contributed by atoms with Crippen LogP contribution in [-0.4, -0.2) is 144 Å². The van der Waals surface area contributed by atoms with Gasteiger partial charge in [0.25, 0.3) is 5.91 Å². The molecule has 0 radical (unpaired) electrons. The number of pyridine rings is 1. The zero-order chi connectivity index (χ0) is 52.5. The highest BCUT2D eigenvalue weighted by molar-refractivity contribution is 7.10. The van der Waals surface area contributed by atoms with Crippen LogP contribution in [0.2, 0.25) is 0 Å². The second kappa shape index (κ2) is 20.8. The van der Waals surface area contributed by atoms with E-state index in [1.165, 1.54) is 35.6 Å². The molecule has 4 saturated heterocycles. The van der Waals surface area contributed by atoms with E-state index in [0.29, 0.717) is 62.9 Å². The summed E-state index contributed by atoms with van der Waals surface area (Å²) in [4.78, 5) is 64.2. The van der Waals surface area contributed by atoms with Crippen LogP contribution < -0.4 is 15.6 Å². The van der Waals surface area contributed by atoms with E-state index in [9.17, 15) is 9.59 Å². The normalized spacial score (nSPS) is 28.4. The van der Waals surface area contributed by atoms with E-state index in [1.54, 1.807) is 13.4 Å². The Balaban J connectivity index is 0.984. The van der Waals surface area contributed by atoms with Gasteiger partial charge in [0.1, 0.15) is 29.0 Å². The molecule has 1 spiro atoms. The van der Waals surface area contributed by atoms with Crippen LogP contribution in [0.4, 0.5) is 5.69 Å². The minimum absolute atomic E-state index is 0.0166.